The van der Waals surface area contributed by atoms with Gasteiger partial charge in [0.05, 0.1) is 50.5 Å². The zero-order valence-corrected chi connectivity index (χ0v) is 24.0. The number of hydrogen-bond acceptors (Lipinski definition) is 8. The first kappa shape index (κ1) is 27.6. The second-order valence-corrected chi connectivity index (χ2v) is 12.2. The molecule has 6 N–H and O–H groups in total. The molecule has 0 spiro atoms. The van der Waals surface area contributed by atoms with Gasteiger partial charge >= 0.3 is 6.03 Å². The maximum Gasteiger partial charge on any atom is 0.323 e. The Kier molecular flexibility index (Phi) is 7.22. The monoisotopic (exact) mass is 623 g/mol. The van der Waals surface area contributed by atoms with Crippen LogP contribution in [0.4, 0.5) is 33.6 Å². The van der Waals surface area contributed by atoms with Crippen LogP contribution in [0.5, 0.6) is 0 Å². The van der Waals surface area contributed by atoms with Crippen molar-refractivity contribution < 1.29 is 13.2 Å². The lowest BCUT2D eigenvalue weighted by atomic mass is 9.99. The minimum absolute atomic E-state index is 0.00460. The molecule has 0 bridgehead atoms. The summed E-state index contributed by atoms with van der Waals surface area (Å²) in [6.07, 6.45) is 2.12. The molecular weight excluding hydrogens is 601 g/mol. The van der Waals surface area contributed by atoms with Gasteiger partial charge in [-0.3, -0.25) is 9.40 Å². The van der Waals surface area contributed by atoms with Gasteiger partial charge in [0.25, 0.3) is 10.0 Å². The number of aromatic amines is 1. The Hall–Kier alpha value is -4.59. The van der Waals surface area contributed by atoms with Crippen molar-refractivity contribution in [2.75, 3.05) is 32.5 Å². The fourth-order valence-electron chi connectivity index (χ4n) is 4.79. The zero-order valence-electron chi connectivity index (χ0n) is 21.7. The number of nitrogens with zero attached hydrogens (tertiary/aromatic N) is 4. The van der Waals surface area contributed by atoms with Gasteiger partial charge < -0.3 is 21.7 Å². The third kappa shape index (κ3) is 5.36. The van der Waals surface area contributed by atoms with Crippen LogP contribution in [-0.2, 0) is 16.4 Å². The number of benzene rings is 3. The Balaban J connectivity index is 1.27. The number of sulfonamides is 1. The molecule has 1 unspecified atom stereocenters. The predicted octanol–water partition coefficient (Wildman–Crippen LogP) is 5.12. The maximum atomic E-state index is 14.1. The van der Waals surface area contributed by atoms with Crippen molar-refractivity contribution >= 4 is 79.1 Å². The summed E-state index contributed by atoms with van der Waals surface area (Å²) in [5.41, 5.74) is 8.25. The van der Waals surface area contributed by atoms with Crippen LogP contribution in [0, 0.1) is 0 Å². The minimum atomic E-state index is -4.07. The van der Waals surface area contributed by atoms with Crippen LogP contribution >= 0.6 is 23.2 Å². The molecule has 42 heavy (non-hydrogen) atoms. The van der Waals surface area contributed by atoms with Gasteiger partial charge in [-0.15, -0.1) is 0 Å². The number of rotatable bonds is 6. The molecule has 3 heterocycles. The van der Waals surface area contributed by atoms with Crippen molar-refractivity contribution in [1.82, 2.24) is 20.2 Å². The van der Waals surface area contributed by atoms with Crippen LogP contribution in [-0.4, -0.2) is 47.2 Å². The molecule has 6 rings (SSSR count). The van der Waals surface area contributed by atoms with E-state index in [1.165, 1.54) is 16.4 Å². The smallest absolute Gasteiger partial charge is 0.323 e. The average Bonchev–Trinajstić information content (AvgIpc) is 3.43. The molecule has 1 atom stereocenters. The second-order valence-electron chi connectivity index (χ2n) is 9.48. The quantitative estimate of drug-likeness (QED) is 0.173. The number of aromatic nitrogens is 4. The molecule has 2 aromatic heterocycles. The number of nitrogens with one attached hydrogen (secondary N) is 4. The van der Waals surface area contributed by atoms with E-state index in [-0.39, 0.29) is 44.9 Å². The Bertz CT molecular complexity index is 1910. The molecule has 0 saturated carbocycles. The largest absolute Gasteiger partial charge is 0.368 e. The van der Waals surface area contributed by atoms with Crippen molar-refractivity contribution in [3.8, 4) is 0 Å². The molecule has 0 fully saturated rings. The number of urea groups is 1. The van der Waals surface area contributed by atoms with E-state index in [9.17, 15) is 13.2 Å². The van der Waals surface area contributed by atoms with E-state index >= 15 is 0 Å². The number of H-pyrrole nitrogens is 1. The highest BCUT2D eigenvalue weighted by Crippen LogP contribution is 2.34. The van der Waals surface area contributed by atoms with E-state index in [0.29, 0.717) is 29.0 Å². The molecule has 12 nitrogen and oxygen atoms in total. The highest BCUT2D eigenvalue weighted by Gasteiger charge is 2.34. The summed E-state index contributed by atoms with van der Waals surface area (Å²) < 4.78 is 29.5. The van der Waals surface area contributed by atoms with Crippen LogP contribution in [0.25, 0.3) is 11.0 Å². The van der Waals surface area contributed by atoms with Gasteiger partial charge in [-0.2, -0.15) is 15.1 Å². The maximum absolute atomic E-state index is 14.1. The van der Waals surface area contributed by atoms with Crippen LogP contribution in [0.1, 0.15) is 5.56 Å². The van der Waals surface area contributed by atoms with Gasteiger partial charge in [0.2, 0.25) is 5.95 Å². The SMILES string of the molecule is Nc1nc(NC2Cc3ccccc3N(S(=O)(=O)c3cccc(NC(=O)Nc4c(Cl)cccc4Cl)c3)C2)c2cn[nH]c2n1. The standard InChI is InChI=1S/C27H23Cl2N9O3S/c28-20-8-4-9-21(29)23(20)34-27(39)33-16-6-3-7-18(12-16)42(40,41)38-14-17(11-15-5-1-2-10-22(15)38)32-24-19-13-31-37-25(19)36-26(30)35-24/h1-10,12-13,17H,11,14H2,(H2,33,34,39)(H4,30,31,32,35,36,37). The number of para-hydroxylation sites is 2. The highest BCUT2D eigenvalue weighted by atomic mass is 35.5. The van der Waals surface area contributed by atoms with Crippen molar-refractivity contribution in [3.63, 3.8) is 0 Å². The van der Waals surface area contributed by atoms with Gasteiger partial charge in [-0.25, -0.2) is 13.2 Å². The fourth-order valence-corrected chi connectivity index (χ4v) is 6.88. The van der Waals surface area contributed by atoms with Crippen molar-refractivity contribution in [1.29, 1.82) is 0 Å². The van der Waals surface area contributed by atoms with Gasteiger partial charge in [-0.05, 0) is 48.4 Å². The van der Waals surface area contributed by atoms with Crippen LogP contribution in [0.3, 0.4) is 0 Å². The Labute approximate surface area is 250 Å². The van der Waals surface area contributed by atoms with Gasteiger partial charge in [0.15, 0.2) is 5.65 Å². The van der Waals surface area contributed by atoms with E-state index in [2.05, 4.69) is 36.1 Å². The molecule has 0 radical (unpaired) electrons. The number of carbonyl (C=O) groups is 1. The number of halogens is 2. The topological polar surface area (TPSA) is 171 Å². The minimum Gasteiger partial charge on any atom is -0.368 e. The molecule has 0 aliphatic carbocycles. The highest BCUT2D eigenvalue weighted by molar-refractivity contribution is 7.92. The number of anilines is 5. The van der Waals surface area contributed by atoms with Crippen molar-refractivity contribution in [2.45, 2.75) is 17.4 Å². The second kappa shape index (κ2) is 11.0. The van der Waals surface area contributed by atoms with E-state index in [1.54, 1.807) is 48.7 Å². The lowest BCUT2D eigenvalue weighted by Crippen LogP contribution is -2.45. The number of nitrogens with two attached hydrogens (primary N) is 1. The summed E-state index contributed by atoms with van der Waals surface area (Å²) in [6.45, 7) is 0.103. The molecule has 214 valence electrons. The first-order valence-corrected chi connectivity index (χ1v) is 14.8. The first-order valence-electron chi connectivity index (χ1n) is 12.6. The molecule has 1 aliphatic heterocycles. The van der Waals surface area contributed by atoms with E-state index < -0.39 is 16.1 Å². The molecule has 2 amide bonds. The van der Waals surface area contributed by atoms with Crippen LogP contribution < -0.4 is 26.0 Å². The van der Waals surface area contributed by atoms with E-state index in [1.807, 2.05) is 12.1 Å². The fraction of sp³-hybridized carbons (Fsp3) is 0.111. The third-order valence-electron chi connectivity index (χ3n) is 6.66. The third-order valence-corrected chi connectivity index (χ3v) is 9.07. The zero-order chi connectivity index (χ0) is 29.4. The molecule has 5 aromatic rings. The number of carbonyl (C=O) groups excluding carboxylic acids is 1. The normalized spacial score (nSPS) is 14.8. The molecule has 1 aliphatic rings. The number of amides is 2. The summed E-state index contributed by atoms with van der Waals surface area (Å²) in [7, 11) is -4.07. The van der Waals surface area contributed by atoms with Gasteiger partial charge in [-0.1, -0.05) is 53.5 Å². The molecular formula is C27H23Cl2N9O3S. The van der Waals surface area contributed by atoms with Crippen molar-refractivity contribution in [2.24, 2.45) is 0 Å². The Morgan fingerprint density at radius 3 is 2.57 bits per heavy atom. The molecule has 0 saturated heterocycles. The molecule has 15 heteroatoms. The summed E-state index contributed by atoms with van der Waals surface area (Å²) in [5.74, 6) is 0.504. The number of fused-ring (bicyclic) bond motifs is 2. The lowest BCUT2D eigenvalue weighted by Gasteiger charge is -2.36. The lowest BCUT2D eigenvalue weighted by molar-refractivity contribution is 0.262. The average molecular weight is 625 g/mol. The summed E-state index contributed by atoms with van der Waals surface area (Å²) in [4.78, 5) is 21.1. The van der Waals surface area contributed by atoms with E-state index in [0.717, 1.165) is 5.56 Å². The van der Waals surface area contributed by atoms with Crippen molar-refractivity contribution in [3.05, 3.63) is 88.5 Å². The summed E-state index contributed by atoms with van der Waals surface area (Å²) in [6, 6.07) is 17.1. The van der Waals surface area contributed by atoms with Gasteiger partial charge in [0.1, 0.15) is 5.82 Å². The predicted molar refractivity (Wildman–Crippen MR) is 164 cm³/mol. The summed E-state index contributed by atoms with van der Waals surface area (Å²) >= 11 is 12.3. The molecule has 3 aromatic carbocycles. The van der Waals surface area contributed by atoms with Gasteiger partial charge in [0, 0.05) is 5.69 Å². The number of nitrogen functional groups attached to an aromatic ring is 1. The number of hydrogen-bond donors (Lipinski definition) is 5. The van der Waals surface area contributed by atoms with Crippen LogP contribution in [0.15, 0.2) is 77.8 Å². The summed E-state index contributed by atoms with van der Waals surface area (Å²) in [5, 5.41) is 16.5. The van der Waals surface area contributed by atoms with Crippen LogP contribution in [0.2, 0.25) is 10.0 Å². The Morgan fingerprint density at radius 1 is 1.00 bits per heavy atom. The first-order chi connectivity index (χ1) is 20.2. The Morgan fingerprint density at radius 2 is 1.76 bits per heavy atom. The van der Waals surface area contributed by atoms with E-state index in [4.69, 9.17) is 28.9 Å².